The van der Waals surface area contributed by atoms with E-state index in [1.165, 1.54) is 32.7 Å². The Kier molecular flexibility index (Phi) is 3.85. The van der Waals surface area contributed by atoms with E-state index >= 15 is 0 Å². The van der Waals surface area contributed by atoms with E-state index in [0.717, 1.165) is 0 Å². The number of hydrogen-bond acceptors (Lipinski definition) is 3. The smallest absolute Gasteiger partial charge is 0.0807 e. The maximum absolute atomic E-state index is 5.78. The zero-order chi connectivity index (χ0) is 13.3. The number of aryl methyl sites for hydroxylation is 4. The normalized spacial score (nSPS) is 12.7. The van der Waals surface area contributed by atoms with Crippen molar-refractivity contribution >= 4 is 11.3 Å². The lowest BCUT2D eigenvalue weighted by Crippen LogP contribution is -2.29. The summed E-state index contributed by atoms with van der Waals surface area (Å²) in [7, 11) is 0. The molecule has 0 fully saturated rings. The Morgan fingerprint density at radius 1 is 1.00 bits per heavy atom. The summed E-state index contributed by atoms with van der Waals surface area (Å²) in [6, 6.07) is 6.71. The van der Waals surface area contributed by atoms with Crippen LogP contribution in [-0.2, 0) is 0 Å². The molecule has 18 heavy (non-hydrogen) atoms. The molecule has 0 spiro atoms. The van der Waals surface area contributed by atoms with Gasteiger partial charge in [-0.1, -0.05) is 12.1 Å². The van der Waals surface area contributed by atoms with Crippen molar-refractivity contribution in [1.82, 2.24) is 5.43 Å². The molecular formula is C15H20N2S. The summed E-state index contributed by atoms with van der Waals surface area (Å²) < 4.78 is 0. The fourth-order valence-corrected chi connectivity index (χ4v) is 3.28. The van der Waals surface area contributed by atoms with Gasteiger partial charge in [-0.25, -0.2) is 5.43 Å². The van der Waals surface area contributed by atoms with Gasteiger partial charge in [0, 0.05) is 4.88 Å². The average molecular weight is 260 g/mol. The molecule has 1 atom stereocenters. The van der Waals surface area contributed by atoms with Crippen molar-refractivity contribution in [3.8, 4) is 0 Å². The van der Waals surface area contributed by atoms with Crippen molar-refractivity contribution in [3.63, 3.8) is 0 Å². The molecule has 0 saturated carbocycles. The van der Waals surface area contributed by atoms with E-state index in [2.05, 4.69) is 56.7 Å². The van der Waals surface area contributed by atoms with Crippen LogP contribution in [-0.4, -0.2) is 0 Å². The van der Waals surface area contributed by atoms with Crippen molar-refractivity contribution in [2.24, 2.45) is 5.84 Å². The van der Waals surface area contributed by atoms with Crippen molar-refractivity contribution in [3.05, 3.63) is 56.3 Å². The van der Waals surface area contributed by atoms with Crippen LogP contribution in [0, 0.1) is 27.7 Å². The quantitative estimate of drug-likeness (QED) is 0.654. The molecule has 0 bridgehead atoms. The highest BCUT2D eigenvalue weighted by Gasteiger charge is 2.18. The molecule has 1 heterocycles. The van der Waals surface area contributed by atoms with Gasteiger partial charge in [0.1, 0.15) is 0 Å². The van der Waals surface area contributed by atoms with Crippen LogP contribution in [0.1, 0.15) is 38.7 Å². The van der Waals surface area contributed by atoms with E-state index in [1.807, 2.05) is 0 Å². The standard InChI is InChI=1S/C15H20N2S/c1-9-5-6-18-15(9)14(17-16)13-8-11(3)10(2)7-12(13)4/h5-8,14,17H,16H2,1-4H3. The molecule has 1 unspecified atom stereocenters. The fourth-order valence-electron chi connectivity index (χ4n) is 2.28. The molecule has 1 aromatic carbocycles. The van der Waals surface area contributed by atoms with Crippen LogP contribution in [0.4, 0.5) is 0 Å². The Balaban J connectivity index is 2.52. The predicted molar refractivity (Wildman–Crippen MR) is 78.9 cm³/mol. The first-order valence-electron chi connectivity index (χ1n) is 6.12. The molecule has 0 aliphatic rings. The number of nitrogens with two attached hydrogens (primary N) is 1. The zero-order valence-corrected chi connectivity index (χ0v) is 12.2. The van der Waals surface area contributed by atoms with Crippen molar-refractivity contribution < 1.29 is 0 Å². The van der Waals surface area contributed by atoms with Crippen LogP contribution < -0.4 is 11.3 Å². The van der Waals surface area contributed by atoms with Crippen molar-refractivity contribution in [1.29, 1.82) is 0 Å². The monoisotopic (exact) mass is 260 g/mol. The largest absolute Gasteiger partial charge is 0.271 e. The molecule has 96 valence electrons. The lowest BCUT2D eigenvalue weighted by atomic mass is 9.94. The lowest BCUT2D eigenvalue weighted by Gasteiger charge is -2.20. The third kappa shape index (κ3) is 2.34. The van der Waals surface area contributed by atoms with Crippen LogP contribution in [0.3, 0.4) is 0 Å². The number of thiophene rings is 1. The van der Waals surface area contributed by atoms with E-state index in [9.17, 15) is 0 Å². The third-order valence-electron chi connectivity index (χ3n) is 3.52. The highest BCUT2D eigenvalue weighted by molar-refractivity contribution is 7.10. The summed E-state index contributed by atoms with van der Waals surface area (Å²) in [5, 5.41) is 2.12. The molecule has 0 aliphatic carbocycles. The third-order valence-corrected chi connectivity index (χ3v) is 4.61. The van der Waals surface area contributed by atoms with Crippen molar-refractivity contribution in [2.45, 2.75) is 33.7 Å². The Morgan fingerprint density at radius 2 is 1.67 bits per heavy atom. The van der Waals surface area contributed by atoms with Gasteiger partial charge in [-0.05, 0) is 67.0 Å². The first-order valence-corrected chi connectivity index (χ1v) is 7.00. The van der Waals surface area contributed by atoms with E-state index in [0.29, 0.717) is 0 Å². The highest BCUT2D eigenvalue weighted by atomic mass is 32.1. The van der Waals surface area contributed by atoms with Crippen LogP contribution >= 0.6 is 11.3 Å². The maximum Gasteiger partial charge on any atom is 0.0807 e. The summed E-state index contributed by atoms with van der Waals surface area (Å²) in [5.74, 6) is 5.78. The van der Waals surface area contributed by atoms with E-state index < -0.39 is 0 Å². The number of rotatable bonds is 3. The van der Waals surface area contributed by atoms with Gasteiger partial charge in [-0.3, -0.25) is 5.84 Å². The minimum absolute atomic E-state index is 0.0873. The summed E-state index contributed by atoms with van der Waals surface area (Å²) in [6.07, 6.45) is 0. The van der Waals surface area contributed by atoms with Gasteiger partial charge >= 0.3 is 0 Å². The maximum atomic E-state index is 5.78. The van der Waals surface area contributed by atoms with Gasteiger partial charge in [-0.2, -0.15) is 0 Å². The van der Waals surface area contributed by atoms with E-state index in [4.69, 9.17) is 5.84 Å². The SMILES string of the molecule is Cc1cc(C)c(C(NN)c2sccc2C)cc1C. The highest BCUT2D eigenvalue weighted by Crippen LogP contribution is 2.31. The second-order valence-electron chi connectivity index (χ2n) is 4.86. The molecule has 2 rings (SSSR count). The van der Waals surface area contributed by atoms with Gasteiger partial charge in [0.15, 0.2) is 0 Å². The predicted octanol–water partition coefficient (Wildman–Crippen LogP) is 3.53. The van der Waals surface area contributed by atoms with Crippen LogP contribution in [0.25, 0.3) is 0 Å². The molecule has 2 aromatic rings. The topological polar surface area (TPSA) is 38.0 Å². The number of nitrogens with one attached hydrogen (secondary N) is 1. The summed E-state index contributed by atoms with van der Waals surface area (Å²) in [4.78, 5) is 1.30. The first-order chi connectivity index (χ1) is 8.54. The molecule has 0 aliphatic heterocycles. The Morgan fingerprint density at radius 3 is 2.22 bits per heavy atom. The average Bonchev–Trinajstić information content (AvgIpc) is 2.73. The zero-order valence-electron chi connectivity index (χ0n) is 11.4. The molecule has 0 saturated heterocycles. The van der Waals surface area contributed by atoms with Gasteiger partial charge in [0.25, 0.3) is 0 Å². The molecule has 0 amide bonds. The Bertz CT molecular complexity index is 558. The second kappa shape index (κ2) is 5.22. The summed E-state index contributed by atoms with van der Waals surface area (Å²) in [5.41, 5.74) is 9.45. The minimum atomic E-state index is 0.0873. The van der Waals surface area contributed by atoms with Gasteiger partial charge < -0.3 is 0 Å². The van der Waals surface area contributed by atoms with Gasteiger partial charge in [0.2, 0.25) is 0 Å². The Labute approximate surface area is 113 Å². The molecule has 2 nitrogen and oxygen atoms in total. The number of hydrogen-bond donors (Lipinski definition) is 2. The fraction of sp³-hybridized carbons (Fsp3) is 0.333. The van der Waals surface area contributed by atoms with E-state index in [-0.39, 0.29) is 6.04 Å². The Hall–Kier alpha value is -1.16. The van der Waals surface area contributed by atoms with Crippen LogP contribution in [0.15, 0.2) is 23.6 Å². The molecule has 3 N–H and O–H groups in total. The summed E-state index contributed by atoms with van der Waals surface area (Å²) in [6.45, 7) is 8.57. The molecule has 1 aromatic heterocycles. The number of benzene rings is 1. The van der Waals surface area contributed by atoms with Gasteiger partial charge in [-0.15, -0.1) is 11.3 Å². The van der Waals surface area contributed by atoms with Gasteiger partial charge in [0.05, 0.1) is 6.04 Å². The number of hydrazine groups is 1. The molecule has 3 heteroatoms. The second-order valence-corrected chi connectivity index (χ2v) is 5.81. The van der Waals surface area contributed by atoms with Crippen LogP contribution in [0.2, 0.25) is 0 Å². The molecular weight excluding hydrogens is 240 g/mol. The van der Waals surface area contributed by atoms with Crippen molar-refractivity contribution in [2.75, 3.05) is 0 Å². The summed E-state index contributed by atoms with van der Waals surface area (Å²) >= 11 is 1.75. The van der Waals surface area contributed by atoms with E-state index in [1.54, 1.807) is 11.3 Å². The lowest BCUT2D eigenvalue weighted by molar-refractivity contribution is 0.640. The minimum Gasteiger partial charge on any atom is -0.271 e. The first kappa shape index (κ1) is 13.3. The molecule has 0 radical (unpaired) electrons. The van der Waals surface area contributed by atoms with Crippen LogP contribution in [0.5, 0.6) is 0 Å².